The van der Waals surface area contributed by atoms with Crippen molar-refractivity contribution in [1.82, 2.24) is 5.32 Å². The highest BCUT2D eigenvalue weighted by molar-refractivity contribution is 6.03. The number of nitrogens with one attached hydrogen (secondary N) is 2. The lowest BCUT2D eigenvalue weighted by molar-refractivity contribution is -0.137. The van der Waals surface area contributed by atoms with Crippen LogP contribution in [-0.4, -0.2) is 18.6 Å². The van der Waals surface area contributed by atoms with Crippen LogP contribution in [0.15, 0.2) is 52.9 Å². The molecular weight excluding hydrogens is 445 g/mol. The van der Waals surface area contributed by atoms with Crippen LogP contribution in [-0.2, 0) is 19.1 Å². The van der Waals surface area contributed by atoms with Crippen LogP contribution in [0.5, 0.6) is 5.75 Å². The first-order valence-electron chi connectivity index (χ1n) is 11.0. The molecule has 0 saturated carbocycles. The minimum Gasteiger partial charge on any atom is -0.497 e. The smallest absolute Gasteiger partial charge is 0.416 e. The van der Waals surface area contributed by atoms with E-state index in [-0.39, 0.29) is 11.7 Å². The molecule has 0 aliphatic rings. The first-order valence-corrected chi connectivity index (χ1v) is 11.0. The quantitative estimate of drug-likeness (QED) is 0.401. The van der Waals surface area contributed by atoms with Crippen molar-refractivity contribution in [3.8, 4) is 17.1 Å². The van der Waals surface area contributed by atoms with Crippen molar-refractivity contribution < 1.29 is 27.1 Å². The molecule has 1 amide bonds. The summed E-state index contributed by atoms with van der Waals surface area (Å²) in [5, 5.41) is 6.17. The third-order valence-electron chi connectivity index (χ3n) is 5.16. The molecule has 0 spiro atoms. The van der Waals surface area contributed by atoms with Crippen LogP contribution in [0.25, 0.3) is 11.3 Å². The number of amides is 1. The molecule has 3 aromatic rings. The van der Waals surface area contributed by atoms with Gasteiger partial charge in [-0.3, -0.25) is 4.79 Å². The molecular formula is C26H29F3N2O3. The summed E-state index contributed by atoms with van der Waals surface area (Å²) >= 11 is 0. The summed E-state index contributed by atoms with van der Waals surface area (Å²) in [6.07, 6.45) is -3.96. The van der Waals surface area contributed by atoms with E-state index in [2.05, 4.69) is 10.6 Å². The first kappa shape index (κ1) is 25.2. The number of halogens is 3. The Labute approximate surface area is 197 Å². The van der Waals surface area contributed by atoms with Crippen LogP contribution >= 0.6 is 0 Å². The molecule has 0 atom stereocenters. The van der Waals surface area contributed by atoms with E-state index >= 15 is 0 Å². The maximum Gasteiger partial charge on any atom is 0.416 e. The number of hydrogen-bond acceptors (Lipinski definition) is 4. The van der Waals surface area contributed by atoms with Crippen LogP contribution < -0.4 is 15.4 Å². The molecule has 0 aliphatic carbocycles. The zero-order valence-corrected chi connectivity index (χ0v) is 19.9. The van der Waals surface area contributed by atoms with Crippen molar-refractivity contribution in [1.29, 1.82) is 0 Å². The molecule has 182 valence electrons. The molecule has 0 bridgehead atoms. The first-order chi connectivity index (χ1) is 15.9. The van der Waals surface area contributed by atoms with Crippen molar-refractivity contribution in [2.45, 2.75) is 52.4 Å². The van der Waals surface area contributed by atoms with E-state index < -0.39 is 17.3 Å². The lowest BCUT2D eigenvalue weighted by Gasteiger charge is -2.21. The van der Waals surface area contributed by atoms with Gasteiger partial charge in [0.05, 0.1) is 18.2 Å². The van der Waals surface area contributed by atoms with E-state index in [9.17, 15) is 18.0 Å². The fourth-order valence-electron chi connectivity index (χ4n) is 3.53. The van der Waals surface area contributed by atoms with Gasteiger partial charge in [-0.2, -0.15) is 13.2 Å². The third-order valence-corrected chi connectivity index (χ3v) is 5.16. The van der Waals surface area contributed by atoms with E-state index in [4.69, 9.17) is 9.15 Å². The number of carbonyl (C=O) groups excluding carboxylic acids is 1. The standard InChI is InChI=1S/C26H29F3N2O3/c1-6-20-21(23(32)31-25(2,3)4)22(17-9-11-18(12-10-17)26(27,28)29)34-24(20)30-15-16-7-13-19(33-5)14-8-16/h7-14,30H,6,15H2,1-5H3,(H,31,32). The third kappa shape index (κ3) is 5.92. The molecule has 0 aliphatic heterocycles. The molecule has 0 saturated heterocycles. The van der Waals surface area contributed by atoms with Gasteiger partial charge in [-0.15, -0.1) is 0 Å². The van der Waals surface area contributed by atoms with E-state index in [1.165, 1.54) is 12.1 Å². The van der Waals surface area contributed by atoms with Gasteiger partial charge in [-0.25, -0.2) is 0 Å². The molecule has 1 heterocycles. The number of carbonyl (C=O) groups is 1. The fourth-order valence-corrected chi connectivity index (χ4v) is 3.53. The molecule has 0 fully saturated rings. The van der Waals surface area contributed by atoms with E-state index in [0.717, 1.165) is 23.4 Å². The summed E-state index contributed by atoms with van der Waals surface area (Å²) < 4.78 is 50.4. The highest BCUT2D eigenvalue weighted by Crippen LogP contribution is 2.37. The summed E-state index contributed by atoms with van der Waals surface area (Å²) in [6.45, 7) is 7.90. The van der Waals surface area contributed by atoms with Crippen LogP contribution in [0.2, 0.25) is 0 Å². The van der Waals surface area contributed by atoms with Crippen molar-refractivity contribution in [3.63, 3.8) is 0 Å². The molecule has 5 nitrogen and oxygen atoms in total. The predicted octanol–water partition coefficient (Wildman–Crippen LogP) is 6.68. The minimum absolute atomic E-state index is 0.226. The molecule has 1 aromatic heterocycles. The van der Waals surface area contributed by atoms with Gasteiger partial charge in [0.1, 0.15) is 11.5 Å². The maximum atomic E-state index is 13.2. The molecule has 2 aromatic carbocycles. The molecule has 0 unspecified atom stereocenters. The number of furan rings is 1. The van der Waals surface area contributed by atoms with Crippen LogP contribution in [0.4, 0.5) is 19.1 Å². The van der Waals surface area contributed by atoms with Gasteiger partial charge < -0.3 is 19.8 Å². The van der Waals surface area contributed by atoms with E-state index in [1.807, 2.05) is 52.0 Å². The normalized spacial score (nSPS) is 11.9. The van der Waals surface area contributed by atoms with Gasteiger partial charge in [0, 0.05) is 23.2 Å². The Hall–Kier alpha value is -3.42. The molecule has 3 rings (SSSR count). The number of rotatable bonds is 7. The number of methoxy groups -OCH3 is 1. The van der Waals surface area contributed by atoms with E-state index in [1.54, 1.807) is 7.11 Å². The summed E-state index contributed by atoms with van der Waals surface area (Å²) in [4.78, 5) is 13.2. The Morgan fingerprint density at radius 1 is 1.00 bits per heavy atom. The van der Waals surface area contributed by atoms with Crippen LogP contribution in [0.1, 0.15) is 54.7 Å². The number of benzene rings is 2. The Morgan fingerprint density at radius 3 is 2.12 bits per heavy atom. The second-order valence-corrected chi connectivity index (χ2v) is 8.95. The Morgan fingerprint density at radius 2 is 1.62 bits per heavy atom. The van der Waals surface area contributed by atoms with Crippen molar-refractivity contribution in [3.05, 3.63) is 70.8 Å². The van der Waals surface area contributed by atoms with Gasteiger partial charge in [-0.05, 0) is 57.0 Å². The number of ether oxygens (including phenoxy) is 1. The topological polar surface area (TPSA) is 63.5 Å². The van der Waals surface area contributed by atoms with E-state index in [0.29, 0.717) is 35.5 Å². The van der Waals surface area contributed by atoms with Crippen molar-refractivity contribution >= 4 is 11.8 Å². The van der Waals surface area contributed by atoms with Gasteiger partial charge in [-0.1, -0.05) is 31.2 Å². The second kappa shape index (κ2) is 9.83. The monoisotopic (exact) mass is 474 g/mol. The minimum atomic E-state index is -4.45. The SMILES string of the molecule is CCc1c(NCc2ccc(OC)cc2)oc(-c2ccc(C(F)(F)F)cc2)c1C(=O)NC(C)(C)C. The highest BCUT2D eigenvalue weighted by Gasteiger charge is 2.31. The Kier molecular flexibility index (Phi) is 7.29. The zero-order chi connectivity index (χ0) is 25.1. The maximum absolute atomic E-state index is 13.2. The fraction of sp³-hybridized carbons (Fsp3) is 0.346. The molecule has 34 heavy (non-hydrogen) atoms. The molecule has 8 heteroatoms. The highest BCUT2D eigenvalue weighted by atomic mass is 19.4. The average molecular weight is 475 g/mol. The summed E-state index contributed by atoms with van der Waals surface area (Å²) in [6, 6.07) is 12.1. The molecule has 2 N–H and O–H groups in total. The lowest BCUT2D eigenvalue weighted by atomic mass is 10.00. The van der Waals surface area contributed by atoms with Gasteiger partial charge >= 0.3 is 6.18 Å². The summed E-state index contributed by atoms with van der Waals surface area (Å²) in [5.74, 6) is 1.03. The number of hydrogen-bond donors (Lipinski definition) is 2. The van der Waals surface area contributed by atoms with Crippen molar-refractivity contribution in [2.75, 3.05) is 12.4 Å². The average Bonchev–Trinajstić information content (AvgIpc) is 3.15. The zero-order valence-electron chi connectivity index (χ0n) is 19.9. The largest absolute Gasteiger partial charge is 0.497 e. The number of anilines is 1. The number of alkyl halides is 3. The van der Waals surface area contributed by atoms with Gasteiger partial charge in [0.2, 0.25) is 0 Å². The van der Waals surface area contributed by atoms with Gasteiger partial charge in [0.25, 0.3) is 5.91 Å². The lowest BCUT2D eigenvalue weighted by Crippen LogP contribution is -2.41. The summed E-state index contributed by atoms with van der Waals surface area (Å²) in [5.41, 5.74) is 1.06. The van der Waals surface area contributed by atoms with Gasteiger partial charge in [0.15, 0.2) is 5.88 Å². The molecule has 0 radical (unpaired) electrons. The van der Waals surface area contributed by atoms with Crippen LogP contribution in [0, 0.1) is 0 Å². The van der Waals surface area contributed by atoms with Crippen molar-refractivity contribution in [2.24, 2.45) is 0 Å². The second-order valence-electron chi connectivity index (χ2n) is 8.95. The van der Waals surface area contributed by atoms with Crippen LogP contribution in [0.3, 0.4) is 0 Å². The Bertz CT molecular complexity index is 1130. The Balaban J connectivity index is 2.01. The summed E-state index contributed by atoms with van der Waals surface area (Å²) in [7, 11) is 1.59. The predicted molar refractivity (Wildman–Crippen MR) is 126 cm³/mol.